The standard InChI is InChI=1S/C23H35N3O3S2/c1-6-7-14-25(5)31(28,29)18-12-13-20-19(15-18)24-22(26(20)17-10-8-9-11-17)30-16-21(27)23(2,3)4/h12-13,15,17H,6-11,14,16H2,1-5H3. The predicted octanol–water partition coefficient (Wildman–Crippen LogP) is 5.28. The van der Waals surface area contributed by atoms with E-state index in [1.807, 2.05) is 33.8 Å². The Labute approximate surface area is 190 Å². The number of hydrogen-bond donors (Lipinski definition) is 0. The molecule has 1 aliphatic carbocycles. The van der Waals surface area contributed by atoms with Crippen molar-refractivity contribution < 1.29 is 13.2 Å². The number of nitrogens with zero attached hydrogens (tertiary/aromatic N) is 3. The van der Waals surface area contributed by atoms with Gasteiger partial charge in [0.1, 0.15) is 5.78 Å². The lowest BCUT2D eigenvalue weighted by Gasteiger charge is -2.19. The number of unbranched alkanes of at least 4 members (excludes halogenated alkanes) is 1. The highest BCUT2D eigenvalue weighted by molar-refractivity contribution is 7.99. The van der Waals surface area contributed by atoms with Gasteiger partial charge in [0.2, 0.25) is 10.0 Å². The molecule has 172 valence electrons. The minimum atomic E-state index is -3.55. The molecule has 1 heterocycles. The van der Waals surface area contributed by atoms with Crippen LogP contribution in [-0.4, -0.2) is 47.4 Å². The van der Waals surface area contributed by atoms with Gasteiger partial charge in [-0.05, 0) is 37.5 Å². The van der Waals surface area contributed by atoms with Crippen molar-refractivity contribution in [3.8, 4) is 0 Å². The highest BCUT2D eigenvalue weighted by atomic mass is 32.2. The van der Waals surface area contributed by atoms with Crippen molar-refractivity contribution in [2.24, 2.45) is 5.41 Å². The molecule has 3 rings (SSSR count). The van der Waals surface area contributed by atoms with Crippen molar-refractivity contribution in [2.75, 3.05) is 19.3 Å². The summed E-state index contributed by atoms with van der Waals surface area (Å²) in [6.45, 7) is 8.35. The first-order chi connectivity index (χ1) is 14.6. The number of hydrogen-bond acceptors (Lipinski definition) is 5. The third kappa shape index (κ3) is 5.34. The number of ketones is 1. The number of fused-ring (bicyclic) bond motifs is 1. The Morgan fingerprint density at radius 1 is 1.26 bits per heavy atom. The molecule has 1 aliphatic rings. The summed E-state index contributed by atoms with van der Waals surface area (Å²) in [5.41, 5.74) is 1.25. The lowest BCUT2D eigenvalue weighted by Crippen LogP contribution is -2.27. The Morgan fingerprint density at radius 2 is 1.94 bits per heavy atom. The van der Waals surface area contributed by atoms with Gasteiger partial charge in [-0.15, -0.1) is 0 Å². The van der Waals surface area contributed by atoms with Crippen molar-refractivity contribution in [2.45, 2.75) is 82.3 Å². The van der Waals surface area contributed by atoms with Gasteiger partial charge in [-0.1, -0.05) is 58.7 Å². The molecule has 1 fully saturated rings. The minimum absolute atomic E-state index is 0.184. The molecule has 0 spiro atoms. The van der Waals surface area contributed by atoms with Gasteiger partial charge < -0.3 is 4.57 Å². The van der Waals surface area contributed by atoms with E-state index in [1.54, 1.807) is 19.2 Å². The fraction of sp³-hybridized carbons (Fsp3) is 0.652. The molecule has 0 atom stereocenters. The van der Waals surface area contributed by atoms with Gasteiger partial charge in [0.15, 0.2) is 5.16 Å². The molecule has 6 nitrogen and oxygen atoms in total. The second-order valence-electron chi connectivity index (χ2n) is 9.50. The van der Waals surface area contributed by atoms with Gasteiger partial charge in [0.05, 0.1) is 21.7 Å². The second-order valence-corrected chi connectivity index (χ2v) is 12.5. The molecule has 1 aromatic heterocycles. The number of aromatic nitrogens is 2. The second kappa shape index (κ2) is 9.63. The maximum atomic E-state index is 13.0. The third-order valence-corrected chi connectivity index (χ3v) is 8.83. The summed E-state index contributed by atoms with van der Waals surface area (Å²) < 4.78 is 29.6. The van der Waals surface area contributed by atoms with Crippen LogP contribution in [0.2, 0.25) is 0 Å². The largest absolute Gasteiger partial charge is 0.316 e. The average Bonchev–Trinajstić information content (AvgIpc) is 3.35. The molecule has 0 saturated heterocycles. The van der Waals surface area contributed by atoms with Crippen LogP contribution in [0, 0.1) is 5.41 Å². The summed E-state index contributed by atoms with van der Waals surface area (Å²) in [4.78, 5) is 17.6. The molecular formula is C23H35N3O3S2. The normalized spacial score (nSPS) is 15.9. The zero-order valence-corrected chi connectivity index (χ0v) is 21.0. The molecule has 0 bridgehead atoms. The maximum absolute atomic E-state index is 13.0. The molecule has 0 N–H and O–H groups in total. The molecule has 1 saturated carbocycles. The van der Waals surface area contributed by atoms with E-state index in [4.69, 9.17) is 4.98 Å². The Balaban J connectivity index is 1.98. The fourth-order valence-corrected chi connectivity index (χ4v) is 6.33. The Kier molecular flexibility index (Phi) is 7.54. The number of sulfonamides is 1. The quantitative estimate of drug-likeness (QED) is 0.471. The van der Waals surface area contributed by atoms with Crippen LogP contribution in [0.1, 0.15) is 72.3 Å². The van der Waals surface area contributed by atoms with Crippen LogP contribution in [0.15, 0.2) is 28.3 Å². The summed E-state index contributed by atoms with van der Waals surface area (Å²) in [6, 6.07) is 5.62. The predicted molar refractivity (Wildman–Crippen MR) is 127 cm³/mol. The summed E-state index contributed by atoms with van der Waals surface area (Å²) in [6.07, 6.45) is 6.32. The Morgan fingerprint density at radius 3 is 2.55 bits per heavy atom. The van der Waals surface area contributed by atoms with Gasteiger partial charge in [-0.3, -0.25) is 4.79 Å². The van der Waals surface area contributed by atoms with Crippen LogP contribution >= 0.6 is 11.8 Å². The highest BCUT2D eigenvalue weighted by Crippen LogP contribution is 2.37. The SMILES string of the molecule is CCCCN(C)S(=O)(=O)c1ccc2c(c1)nc(SCC(=O)C(C)(C)C)n2C1CCCC1. The number of Topliss-reactive ketones (excluding diaryl/α,β-unsaturated/α-hetero) is 1. The maximum Gasteiger partial charge on any atom is 0.242 e. The van der Waals surface area contributed by atoms with Gasteiger partial charge in [-0.25, -0.2) is 17.7 Å². The van der Waals surface area contributed by atoms with Gasteiger partial charge in [0, 0.05) is 25.0 Å². The molecule has 8 heteroatoms. The van der Waals surface area contributed by atoms with Crippen LogP contribution in [0.3, 0.4) is 0 Å². The molecule has 0 amide bonds. The number of benzene rings is 1. The fourth-order valence-electron chi connectivity index (χ4n) is 3.86. The van der Waals surface area contributed by atoms with Crippen molar-refractivity contribution in [1.82, 2.24) is 13.9 Å². The van der Waals surface area contributed by atoms with Gasteiger partial charge in [0.25, 0.3) is 0 Å². The third-order valence-electron chi connectivity index (χ3n) is 6.02. The van der Waals surface area contributed by atoms with E-state index in [9.17, 15) is 13.2 Å². The van der Waals surface area contributed by atoms with Crippen LogP contribution in [-0.2, 0) is 14.8 Å². The molecule has 1 aromatic carbocycles. The summed E-state index contributed by atoms with van der Waals surface area (Å²) in [7, 11) is -1.92. The zero-order chi connectivity index (χ0) is 22.8. The van der Waals surface area contributed by atoms with Crippen molar-refractivity contribution >= 4 is 38.6 Å². The topological polar surface area (TPSA) is 72.3 Å². The van der Waals surface area contributed by atoms with Crippen molar-refractivity contribution in [3.63, 3.8) is 0 Å². The van der Waals surface area contributed by atoms with Gasteiger partial charge >= 0.3 is 0 Å². The van der Waals surface area contributed by atoms with E-state index in [-0.39, 0.29) is 16.1 Å². The molecule has 2 aromatic rings. The molecule has 0 radical (unpaired) electrons. The van der Waals surface area contributed by atoms with E-state index in [2.05, 4.69) is 4.57 Å². The van der Waals surface area contributed by atoms with E-state index >= 15 is 0 Å². The van der Waals surface area contributed by atoms with Crippen LogP contribution in [0.25, 0.3) is 11.0 Å². The number of rotatable bonds is 9. The van der Waals surface area contributed by atoms with Crippen LogP contribution < -0.4 is 0 Å². The summed E-state index contributed by atoms with van der Waals surface area (Å²) in [5, 5.41) is 0.813. The van der Waals surface area contributed by atoms with E-state index in [0.29, 0.717) is 23.9 Å². The molecule has 31 heavy (non-hydrogen) atoms. The number of carbonyl (C=O) groups excluding carboxylic acids is 1. The zero-order valence-electron chi connectivity index (χ0n) is 19.3. The van der Waals surface area contributed by atoms with Gasteiger partial charge in [-0.2, -0.15) is 0 Å². The molecule has 0 aliphatic heterocycles. The monoisotopic (exact) mass is 465 g/mol. The first-order valence-corrected chi connectivity index (χ1v) is 13.6. The van der Waals surface area contributed by atoms with E-state index in [1.165, 1.54) is 28.9 Å². The van der Waals surface area contributed by atoms with Crippen LogP contribution in [0.4, 0.5) is 0 Å². The Hall–Kier alpha value is -1.38. The number of imidazole rings is 1. The smallest absolute Gasteiger partial charge is 0.242 e. The molecular weight excluding hydrogens is 430 g/mol. The van der Waals surface area contributed by atoms with Crippen molar-refractivity contribution in [1.29, 1.82) is 0 Å². The van der Waals surface area contributed by atoms with Crippen molar-refractivity contribution in [3.05, 3.63) is 18.2 Å². The Bertz CT molecular complexity index is 1030. The highest BCUT2D eigenvalue weighted by Gasteiger charge is 2.27. The van der Waals surface area contributed by atoms with E-state index < -0.39 is 10.0 Å². The lowest BCUT2D eigenvalue weighted by molar-refractivity contribution is -0.123. The number of thioether (sulfide) groups is 1. The average molecular weight is 466 g/mol. The number of carbonyl (C=O) groups is 1. The lowest BCUT2D eigenvalue weighted by atomic mass is 9.92. The first-order valence-electron chi connectivity index (χ1n) is 11.2. The minimum Gasteiger partial charge on any atom is -0.316 e. The first kappa shape index (κ1) is 24.3. The van der Waals surface area contributed by atoms with E-state index in [0.717, 1.165) is 36.4 Å². The molecule has 0 unspecified atom stereocenters. The summed E-state index contributed by atoms with van der Waals surface area (Å²) >= 11 is 1.47. The van der Waals surface area contributed by atoms with Crippen LogP contribution in [0.5, 0.6) is 0 Å². The summed E-state index contributed by atoms with van der Waals surface area (Å²) in [5.74, 6) is 0.549.